The fourth-order valence-electron chi connectivity index (χ4n) is 2.69. The molecule has 2 aromatic carbocycles. The van der Waals surface area contributed by atoms with Crippen LogP contribution in [0.1, 0.15) is 27.2 Å². The molecule has 0 unspecified atom stereocenters. The van der Waals surface area contributed by atoms with Crippen molar-refractivity contribution in [1.29, 1.82) is 0 Å². The van der Waals surface area contributed by atoms with Crippen LogP contribution >= 0.6 is 0 Å². The van der Waals surface area contributed by atoms with Crippen LogP contribution in [0.15, 0.2) is 42.5 Å². The lowest BCUT2D eigenvalue weighted by molar-refractivity contribution is 0.111. The van der Waals surface area contributed by atoms with Gasteiger partial charge in [0.1, 0.15) is 5.69 Å². The lowest BCUT2D eigenvalue weighted by atomic mass is 10.1. The van der Waals surface area contributed by atoms with Crippen LogP contribution in [0.3, 0.4) is 0 Å². The third-order valence-corrected chi connectivity index (χ3v) is 3.55. The number of benzene rings is 2. The molecule has 110 valence electrons. The fourth-order valence-corrected chi connectivity index (χ4v) is 2.69. The van der Waals surface area contributed by atoms with Crippen molar-refractivity contribution >= 4 is 6.29 Å². The number of carbonyl (C=O) groups is 1. The molecule has 3 aromatic rings. The number of rotatable bonds is 3. The molecule has 0 bridgehead atoms. The minimum Gasteiger partial charge on any atom is -0.296 e. The van der Waals surface area contributed by atoms with E-state index in [0.717, 1.165) is 39.9 Å². The summed E-state index contributed by atoms with van der Waals surface area (Å²) in [4.78, 5) is 11.3. The maximum atomic E-state index is 11.3. The summed E-state index contributed by atoms with van der Waals surface area (Å²) in [5, 5.41) is 8.20. The smallest absolute Gasteiger partial charge is 0.172 e. The van der Waals surface area contributed by atoms with E-state index in [0.29, 0.717) is 5.69 Å². The number of aromatic nitrogens is 3. The highest BCUT2D eigenvalue weighted by molar-refractivity contribution is 5.84. The lowest BCUT2D eigenvalue weighted by Gasteiger charge is -2.09. The van der Waals surface area contributed by atoms with Crippen LogP contribution in [0.25, 0.3) is 16.9 Å². The van der Waals surface area contributed by atoms with Crippen molar-refractivity contribution in [3.8, 4) is 16.9 Å². The zero-order valence-electron chi connectivity index (χ0n) is 12.9. The molecule has 0 N–H and O–H groups in total. The highest BCUT2D eigenvalue weighted by Gasteiger charge is 2.16. The molecular weight excluding hydrogens is 274 g/mol. The molecule has 0 spiro atoms. The van der Waals surface area contributed by atoms with Gasteiger partial charge in [0.05, 0.1) is 5.69 Å². The van der Waals surface area contributed by atoms with Gasteiger partial charge < -0.3 is 0 Å². The number of hydrogen-bond acceptors (Lipinski definition) is 3. The van der Waals surface area contributed by atoms with Gasteiger partial charge in [0.15, 0.2) is 12.0 Å². The average Bonchev–Trinajstić information content (AvgIpc) is 2.90. The van der Waals surface area contributed by atoms with E-state index in [2.05, 4.69) is 16.4 Å². The summed E-state index contributed by atoms with van der Waals surface area (Å²) in [5.41, 5.74) is 6.35. The van der Waals surface area contributed by atoms with Gasteiger partial charge in [-0.3, -0.25) is 4.79 Å². The average molecular weight is 291 g/mol. The number of carbonyl (C=O) groups excluding carboxylic acids is 1. The molecule has 0 saturated heterocycles. The first kappa shape index (κ1) is 14.2. The molecule has 0 aliphatic carbocycles. The molecular formula is C18H17N3O. The summed E-state index contributed by atoms with van der Waals surface area (Å²) >= 11 is 0. The standard InChI is InChI=1S/C18H17N3O/c1-12-5-4-6-15(8-12)18-17(11-22)19-20-21(18)16-9-13(2)7-14(3)10-16/h4-11H,1-3H3. The van der Waals surface area contributed by atoms with Gasteiger partial charge in [-0.2, -0.15) is 0 Å². The molecule has 3 rings (SSSR count). The van der Waals surface area contributed by atoms with Crippen molar-refractivity contribution in [3.05, 3.63) is 64.8 Å². The normalized spacial score (nSPS) is 10.7. The Morgan fingerprint density at radius 3 is 2.32 bits per heavy atom. The largest absolute Gasteiger partial charge is 0.296 e. The summed E-state index contributed by atoms with van der Waals surface area (Å²) in [5.74, 6) is 0. The quantitative estimate of drug-likeness (QED) is 0.692. The number of nitrogens with zero attached hydrogens (tertiary/aromatic N) is 3. The van der Waals surface area contributed by atoms with Crippen LogP contribution in [0.5, 0.6) is 0 Å². The van der Waals surface area contributed by atoms with Gasteiger partial charge in [-0.1, -0.05) is 35.0 Å². The zero-order chi connectivity index (χ0) is 15.7. The van der Waals surface area contributed by atoms with Gasteiger partial charge >= 0.3 is 0 Å². The van der Waals surface area contributed by atoms with Crippen LogP contribution in [-0.2, 0) is 0 Å². The van der Waals surface area contributed by atoms with E-state index in [9.17, 15) is 4.79 Å². The van der Waals surface area contributed by atoms with Crippen LogP contribution in [0, 0.1) is 20.8 Å². The minimum absolute atomic E-state index is 0.352. The molecule has 1 heterocycles. The van der Waals surface area contributed by atoms with Crippen LogP contribution in [-0.4, -0.2) is 21.3 Å². The van der Waals surface area contributed by atoms with Gasteiger partial charge in [0.25, 0.3) is 0 Å². The fraction of sp³-hybridized carbons (Fsp3) is 0.167. The maximum Gasteiger partial charge on any atom is 0.172 e. The zero-order valence-corrected chi connectivity index (χ0v) is 12.9. The number of aryl methyl sites for hydroxylation is 3. The van der Waals surface area contributed by atoms with Crippen molar-refractivity contribution in [2.45, 2.75) is 20.8 Å². The molecule has 0 aliphatic rings. The van der Waals surface area contributed by atoms with Crippen molar-refractivity contribution in [3.63, 3.8) is 0 Å². The Labute approximate surface area is 129 Å². The first-order chi connectivity index (χ1) is 10.6. The Balaban J connectivity index is 2.25. The monoisotopic (exact) mass is 291 g/mol. The second-order valence-corrected chi connectivity index (χ2v) is 5.57. The molecule has 4 heteroatoms. The van der Waals surface area contributed by atoms with E-state index in [4.69, 9.17) is 0 Å². The van der Waals surface area contributed by atoms with E-state index in [1.54, 1.807) is 4.68 Å². The molecule has 4 nitrogen and oxygen atoms in total. The molecule has 22 heavy (non-hydrogen) atoms. The summed E-state index contributed by atoms with van der Waals surface area (Å²) < 4.78 is 1.73. The molecule has 0 amide bonds. The highest BCUT2D eigenvalue weighted by atomic mass is 16.1. The summed E-state index contributed by atoms with van der Waals surface area (Å²) in [6, 6.07) is 14.2. The number of aldehydes is 1. The Bertz CT molecular complexity index is 829. The second kappa shape index (κ2) is 5.56. The summed E-state index contributed by atoms with van der Waals surface area (Å²) in [6.45, 7) is 6.11. The van der Waals surface area contributed by atoms with Crippen molar-refractivity contribution in [2.75, 3.05) is 0 Å². The maximum absolute atomic E-state index is 11.3. The summed E-state index contributed by atoms with van der Waals surface area (Å²) in [6.07, 6.45) is 0.754. The first-order valence-electron chi connectivity index (χ1n) is 7.15. The molecule has 0 atom stereocenters. The van der Waals surface area contributed by atoms with Gasteiger partial charge in [-0.05, 0) is 50.1 Å². The first-order valence-corrected chi connectivity index (χ1v) is 7.15. The molecule has 0 saturated carbocycles. The number of hydrogen-bond donors (Lipinski definition) is 0. The highest BCUT2D eigenvalue weighted by Crippen LogP contribution is 2.26. The van der Waals surface area contributed by atoms with Crippen molar-refractivity contribution in [1.82, 2.24) is 15.0 Å². The van der Waals surface area contributed by atoms with Gasteiger partial charge in [0.2, 0.25) is 0 Å². The van der Waals surface area contributed by atoms with Crippen LogP contribution in [0.4, 0.5) is 0 Å². The predicted molar refractivity (Wildman–Crippen MR) is 86.4 cm³/mol. The molecule has 0 radical (unpaired) electrons. The van der Waals surface area contributed by atoms with Crippen LogP contribution < -0.4 is 0 Å². The molecule has 1 aromatic heterocycles. The Kier molecular flexibility index (Phi) is 3.59. The third-order valence-electron chi connectivity index (χ3n) is 3.55. The third kappa shape index (κ3) is 2.55. The van der Waals surface area contributed by atoms with Gasteiger partial charge in [-0.25, -0.2) is 4.68 Å². The van der Waals surface area contributed by atoms with E-state index in [1.165, 1.54) is 0 Å². The second-order valence-electron chi connectivity index (χ2n) is 5.57. The predicted octanol–water partition coefficient (Wildman–Crippen LogP) is 3.67. The molecule has 0 fully saturated rings. The Hall–Kier alpha value is -2.75. The van der Waals surface area contributed by atoms with Crippen molar-refractivity contribution < 1.29 is 4.79 Å². The lowest BCUT2D eigenvalue weighted by Crippen LogP contribution is -2.01. The van der Waals surface area contributed by atoms with Gasteiger partial charge in [0, 0.05) is 5.56 Å². The van der Waals surface area contributed by atoms with Crippen molar-refractivity contribution in [2.24, 2.45) is 0 Å². The van der Waals surface area contributed by atoms with Gasteiger partial charge in [-0.15, -0.1) is 5.10 Å². The minimum atomic E-state index is 0.352. The SMILES string of the molecule is Cc1cccc(-c2c(C=O)nnn2-c2cc(C)cc(C)c2)c1. The van der Waals surface area contributed by atoms with E-state index >= 15 is 0 Å². The van der Waals surface area contributed by atoms with E-state index in [-0.39, 0.29) is 0 Å². The topological polar surface area (TPSA) is 47.8 Å². The van der Waals surface area contributed by atoms with E-state index in [1.807, 2.05) is 57.2 Å². The molecule has 0 aliphatic heterocycles. The van der Waals surface area contributed by atoms with Crippen LogP contribution in [0.2, 0.25) is 0 Å². The summed E-state index contributed by atoms with van der Waals surface area (Å²) in [7, 11) is 0. The van der Waals surface area contributed by atoms with E-state index < -0.39 is 0 Å². The Morgan fingerprint density at radius 1 is 0.955 bits per heavy atom. The Morgan fingerprint density at radius 2 is 1.68 bits per heavy atom.